The monoisotopic (exact) mass is 416 g/mol. The number of rotatable bonds is 1. The Morgan fingerprint density at radius 1 is 1.27 bits per heavy atom. The summed E-state index contributed by atoms with van der Waals surface area (Å²) in [6.45, 7) is 5.21. The fraction of sp³-hybridized carbons (Fsp3) is 0.545. The number of piperidine rings is 1. The highest BCUT2D eigenvalue weighted by molar-refractivity contribution is 5.72. The van der Waals surface area contributed by atoms with E-state index < -0.39 is 6.17 Å². The van der Waals surface area contributed by atoms with Crippen LogP contribution < -0.4 is 5.73 Å². The van der Waals surface area contributed by atoms with Gasteiger partial charge in [-0.2, -0.15) is 0 Å². The first-order valence-corrected chi connectivity index (χ1v) is 10.3. The van der Waals surface area contributed by atoms with Crippen LogP contribution in [0.1, 0.15) is 29.5 Å². The summed E-state index contributed by atoms with van der Waals surface area (Å²) in [5.41, 5.74) is 9.89. The van der Waals surface area contributed by atoms with Gasteiger partial charge < -0.3 is 25.2 Å². The summed E-state index contributed by atoms with van der Waals surface area (Å²) < 4.78 is 23.6. The van der Waals surface area contributed by atoms with Crippen LogP contribution in [-0.2, 0) is 22.5 Å². The molecule has 0 radical (unpaired) electrons. The Labute approximate surface area is 176 Å². The predicted molar refractivity (Wildman–Crippen MR) is 112 cm³/mol. The number of hydrogen-bond acceptors (Lipinski definition) is 7. The number of nitrogens with two attached hydrogens (primary N) is 1. The minimum Gasteiger partial charge on any atom is -0.507 e. The molecule has 4 heterocycles. The van der Waals surface area contributed by atoms with Crippen LogP contribution in [0.25, 0.3) is 11.3 Å². The maximum absolute atomic E-state index is 12.4. The number of aromatic hydroxyl groups is 1. The summed E-state index contributed by atoms with van der Waals surface area (Å²) in [5, 5.41) is 18.5. The van der Waals surface area contributed by atoms with Gasteiger partial charge in [0.2, 0.25) is 0 Å². The summed E-state index contributed by atoms with van der Waals surface area (Å²) in [5.74, 6) is 0.619. The van der Waals surface area contributed by atoms with E-state index >= 15 is 0 Å². The molecule has 162 valence electrons. The molecule has 1 atom stereocenters. The third-order valence-electron chi connectivity index (χ3n) is 5.94. The van der Waals surface area contributed by atoms with E-state index in [0.29, 0.717) is 49.9 Å². The van der Waals surface area contributed by atoms with Crippen molar-refractivity contribution < 1.29 is 19.0 Å². The molecule has 1 aromatic heterocycles. The molecule has 2 aromatic rings. The van der Waals surface area contributed by atoms with E-state index in [1.165, 1.54) is 0 Å². The second-order valence-electron chi connectivity index (χ2n) is 8.55. The zero-order valence-electron chi connectivity index (χ0n) is 17.5. The summed E-state index contributed by atoms with van der Waals surface area (Å²) in [7, 11) is 1.96. The summed E-state index contributed by atoms with van der Waals surface area (Å²) in [6, 6.07) is 5.50. The van der Waals surface area contributed by atoms with Crippen molar-refractivity contribution in [1.82, 2.24) is 15.1 Å². The first kappa shape index (κ1) is 21.0. The van der Waals surface area contributed by atoms with Crippen LogP contribution in [-0.4, -0.2) is 65.3 Å². The van der Waals surface area contributed by atoms with E-state index in [-0.39, 0.29) is 11.4 Å². The topological polar surface area (TPSA) is 93.7 Å². The number of halogens is 1. The molecule has 1 unspecified atom stereocenters. The largest absolute Gasteiger partial charge is 0.507 e. The van der Waals surface area contributed by atoms with Crippen molar-refractivity contribution >= 4 is 5.82 Å². The third-order valence-corrected chi connectivity index (χ3v) is 5.94. The number of aryl methyl sites for hydroxylation is 1. The van der Waals surface area contributed by atoms with Gasteiger partial charge in [0.25, 0.3) is 0 Å². The zero-order chi connectivity index (χ0) is 21.3. The molecule has 5 rings (SSSR count). The van der Waals surface area contributed by atoms with Gasteiger partial charge in [-0.15, -0.1) is 10.2 Å². The molecule has 3 aliphatic rings. The molecule has 2 saturated heterocycles. The molecule has 8 heteroatoms. The number of phenolic OH excluding ortho intramolecular Hbond substituents is 1. The van der Waals surface area contributed by atoms with Crippen LogP contribution in [0.4, 0.5) is 10.2 Å². The van der Waals surface area contributed by atoms with Crippen LogP contribution in [0.3, 0.4) is 0 Å². The number of hydrogen-bond donors (Lipinski definition) is 2. The van der Waals surface area contributed by atoms with E-state index in [9.17, 15) is 9.50 Å². The number of ether oxygens (including phenoxy) is 2. The van der Waals surface area contributed by atoms with Crippen LogP contribution in [0.15, 0.2) is 18.2 Å². The maximum Gasteiger partial charge on any atom is 0.149 e. The van der Waals surface area contributed by atoms with Crippen LogP contribution in [0.5, 0.6) is 5.75 Å². The third kappa shape index (κ3) is 4.26. The quantitative estimate of drug-likeness (QED) is 0.738. The highest BCUT2D eigenvalue weighted by Gasteiger charge is 2.44. The van der Waals surface area contributed by atoms with E-state index in [4.69, 9.17) is 15.2 Å². The maximum atomic E-state index is 12.4. The fourth-order valence-corrected chi connectivity index (χ4v) is 4.15. The van der Waals surface area contributed by atoms with Crippen molar-refractivity contribution in [2.24, 2.45) is 0 Å². The SMILES string of the molecule is CN1CCCC(F)C1.Cc1ccc(-c2nnc(N)c3c2COC2(COC2)C3)c(O)c1. The Balaban J connectivity index is 0.000000230. The number of likely N-dealkylation sites (tertiary alicyclic amines) is 1. The molecule has 30 heavy (non-hydrogen) atoms. The van der Waals surface area contributed by atoms with Crippen molar-refractivity contribution in [2.45, 2.75) is 44.6 Å². The molecular formula is C22H29FN4O3. The molecular weight excluding hydrogens is 387 g/mol. The fourth-order valence-electron chi connectivity index (χ4n) is 4.15. The van der Waals surface area contributed by atoms with Gasteiger partial charge in [0.1, 0.15) is 29.0 Å². The minimum absolute atomic E-state index is 0.188. The molecule has 1 aromatic carbocycles. The molecule has 3 aliphatic heterocycles. The Hall–Kier alpha value is -2.29. The predicted octanol–water partition coefficient (Wildman–Crippen LogP) is 2.63. The van der Waals surface area contributed by atoms with E-state index in [0.717, 1.165) is 36.1 Å². The highest BCUT2D eigenvalue weighted by atomic mass is 19.1. The minimum atomic E-state index is -0.561. The molecule has 0 bridgehead atoms. The first-order valence-electron chi connectivity index (χ1n) is 10.3. The second-order valence-corrected chi connectivity index (χ2v) is 8.55. The number of nitrogen functional groups attached to an aromatic ring is 1. The van der Waals surface area contributed by atoms with Crippen LogP contribution >= 0.6 is 0 Å². The van der Waals surface area contributed by atoms with E-state index in [1.807, 2.05) is 31.0 Å². The van der Waals surface area contributed by atoms with Crippen molar-refractivity contribution in [2.75, 3.05) is 39.1 Å². The van der Waals surface area contributed by atoms with Crippen molar-refractivity contribution in [1.29, 1.82) is 0 Å². The molecule has 0 aliphatic carbocycles. The molecule has 3 N–H and O–H groups in total. The van der Waals surface area contributed by atoms with Crippen LogP contribution in [0.2, 0.25) is 0 Å². The lowest BCUT2D eigenvalue weighted by Crippen LogP contribution is -2.55. The van der Waals surface area contributed by atoms with Gasteiger partial charge in [0.15, 0.2) is 0 Å². The zero-order valence-corrected chi connectivity index (χ0v) is 17.5. The molecule has 2 fully saturated rings. The lowest BCUT2D eigenvalue weighted by atomic mass is 9.86. The van der Waals surface area contributed by atoms with E-state index in [1.54, 1.807) is 6.07 Å². The Kier molecular flexibility index (Phi) is 5.90. The molecule has 0 amide bonds. The molecule has 7 nitrogen and oxygen atoms in total. The Morgan fingerprint density at radius 2 is 2.07 bits per heavy atom. The van der Waals surface area contributed by atoms with Gasteiger partial charge in [-0.25, -0.2) is 4.39 Å². The van der Waals surface area contributed by atoms with Gasteiger partial charge in [-0.1, -0.05) is 6.07 Å². The summed E-state index contributed by atoms with van der Waals surface area (Å²) >= 11 is 0. The Morgan fingerprint density at radius 3 is 2.67 bits per heavy atom. The lowest BCUT2D eigenvalue weighted by Gasteiger charge is -2.44. The number of nitrogens with zero attached hydrogens (tertiary/aromatic N) is 3. The van der Waals surface area contributed by atoms with Crippen molar-refractivity contribution in [3.63, 3.8) is 0 Å². The average molecular weight is 416 g/mol. The van der Waals surface area contributed by atoms with Crippen molar-refractivity contribution in [3.05, 3.63) is 34.9 Å². The Bertz CT molecular complexity index is 911. The number of alkyl halides is 1. The van der Waals surface area contributed by atoms with Gasteiger partial charge in [0, 0.05) is 29.7 Å². The molecule has 0 saturated carbocycles. The lowest BCUT2D eigenvalue weighted by molar-refractivity contribution is -0.220. The average Bonchev–Trinajstić information content (AvgIpc) is 2.68. The van der Waals surface area contributed by atoms with Gasteiger partial charge in [-0.3, -0.25) is 0 Å². The number of benzene rings is 1. The normalized spacial score (nSPS) is 22.6. The van der Waals surface area contributed by atoms with Crippen molar-refractivity contribution in [3.8, 4) is 17.0 Å². The summed E-state index contributed by atoms with van der Waals surface area (Å²) in [4.78, 5) is 2.04. The summed E-state index contributed by atoms with van der Waals surface area (Å²) in [6.07, 6.45) is 1.90. The first-order chi connectivity index (χ1) is 14.4. The molecule has 1 spiro atoms. The van der Waals surface area contributed by atoms with Gasteiger partial charge in [-0.05, 0) is 51.1 Å². The number of phenols is 1. The van der Waals surface area contributed by atoms with Gasteiger partial charge in [0.05, 0.1) is 19.8 Å². The van der Waals surface area contributed by atoms with E-state index in [2.05, 4.69) is 10.2 Å². The second kappa shape index (κ2) is 8.45. The number of anilines is 1. The standard InChI is InChI=1S/C16H17N3O3.C6H12FN/c1-9-2-3-10(13(20)4-9)14-12-6-22-16(7-21-8-16)5-11(12)15(17)19-18-14;1-8-4-2-3-6(7)5-8/h2-4,20H,5-8H2,1H3,(H2,17,19);6H,2-5H2,1H3. The van der Waals surface area contributed by atoms with Gasteiger partial charge >= 0.3 is 0 Å². The smallest absolute Gasteiger partial charge is 0.149 e. The number of fused-ring (bicyclic) bond motifs is 1. The number of aromatic nitrogens is 2. The van der Waals surface area contributed by atoms with Crippen LogP contribution in [0, 0.1) is 6.92 Å². The highest BCUT2D eigenvalue weighted by Crippen LogP contribution is 2.40.